The zero-order valence-corrected chi connectivity index (χ0v) is 52.1. The molecule has 14 nitrogen and oxygen atoms in total. The number of aromatic nitrogens is 2. The fourth-order valence-corrected chi connectivity index (χ4v) is 25.6. The normalized spacial score (nSPS) is 12.2. The average molecular weight is 1300 g/mol. The van der Waals surface area contributed by atoms with Gasteiger partial charge in [0.2, 0.25) is 0 Å². The molecule has 4 aromatic rings. The van der Waals surface area contributed by atoms with Gasteiger partial charge in [0.25, 0.3) is 11.1 Å². The summed E-state index contributed by atoms with van der Waals surface area (Å²) >= 11 is 7.31. The molecular formula is C54H77Br3N4O10Sn. The van der Waals surface area contributed by atoms with E-state index in [1.807, 2.05) is 12.1 Å². The Morgan fingerprint density at radius 2 is 0.972 bits per heavy atom. The second-order valence-corrected chi connectivity index (χ2v) is 35.7. The van der Waals surface area contributed by atoms with Gasteiger partial charge >= 0.3 is 219 Å². The number of nitrogens with one attached hydrogen (secondary N) is 2. The molecule has 2 amide bonds. The van der Waals surface area contributed by atoms with E-state index in [4.69, 9.17) is 18.9 Å². The van der Waals surface area contributed by atoms with Crippen LogP contribution < -0.4 is 25.3 Å². The molecule has 2 aromatic heterocycles. The third-order valence-corrected chi connectivity index (χ3v) is 28.5. The molecule has 0 bridgehead atoms. The van der Waals surface area contributed by atoms with Crippen molar-refractivity contribution in [3.05, 3.63) is 118 Å². The molecule has 0 radical (unpaired) electrons. The number of ether oxygens (including phenoxy) is 4. The first-order chi connectivity index (χ1) is 33.7. The maximum absolute atomic E-state index is 12.4. The van der Waals surface area contributed by atoms with Crippen LogP contribution in [0.1, 0.15) is 112 Å². The molecular weight excluding hydrogens is 1220 g/mol. The molecule has 2 aromatic carbocycles. The van der Waals surface area contributed by atoms with Crippen molar-refractivity contribution in [1.82, 2.24) is 19.8 Å². The van der Waals surface area contributed by atoms with Crippen molar-refractivity contribution in [1.29, 1.82) is 0 Å². The molecule has 2 unspecified atom stereocenters. The first-order valence-corrected chi connectivity index (χ1v) is 34.3. The molecule has 18 heteroatoms. The fourth-order valence-electron chi connectivity index (χ4n) is 7.72. The van der Waals surface area contributed by atoms with Crippen molar-refractivity contribution in [2.45, 2.75) is 150 Å². The van der Waals surface area contributed by atoms with Crippen LogP contribution in [0, 0.1) is 0 Å². The first-order valence-electron chi connectivity index (χ1n) is 24.4. The molecule has 0 fully saturated rings. The van der Waals surface area contributed by atoms with E-state index < -0.39 is 65.8 Å². The van der Waals surface area contributed by atoms with Crippen LogP contribution in [0.5, 0.6) is 0 Å². The van der Waals surface area contributed by atoms with Gasteiger partial charge in [-0.15, -0.1) is 0 Å². The number of carbonyl (C=O) groups excluding carboxylic acids is 4. The molecule has 0 spiro atoms. The summed E-state index contributed by atoms with van der Waals surface area (Å²) in [5.74, 6) is -1.03. The van der Waals surface area contributed by atoms with Crippen molar-refractivity contribution in [2.75, 3.05) is 14.2 Å². The van der Waals surface area contributed by atoms with Crippen molar-refractivity contribution in [2.24, 2.45) is 14.1 Å². The van der Waals surface area contributed by atoms with Crippen LogP contribution in [-0.2, 0) is 55.5 Å². The third kappa shape index (κ3) is 22.7. The molecule has 0 saturated carbocycles. The topological polar surface area (TPSA) is 173 Å². The Balaban J connectivity index is 0.000000415. The number of esters is 2. The van der Waals surface area contributed by atoms with E-state index in [1.165, 1.54) is 75.2 Å². The number of halogens is 3. The zero-order valence-electron chi connectivity index (χ0n) is 44.5. The molecule has 0 aliphatic rings. The summed E-state index contributed by atoms with van der Waals surface area (Å²) in [6, 6.07) is 18.0. The first kappa shape index (κ1) is 64.2. The largest absolute Gasteiger partial charge is 0.467 e. The van der Waals surface area contributed by atoms with Crippen molar-refractivity contribution in [3.63, 3.8) is 0 Å². The number of hydrogen-bond donors (Lipinski definition) is 2. The van der Waals surface area contributed by atoms with E-state index in [9.17, 15) is 28.8 Å². The zero-order chi connectivity index (χ0) is 54.4. The SMILES string of the molecule is CCC[CH2][Sn]([CH2]CCC)([CH2]CCC)[c]1ccc(CC(NC(=O)OC(C)(C)C)C(=O)OC)cc1.COC(=O)C(Cc1ccc(-c2cc(Br)cn(C)c2=O)cc1)NC(=O)OC(C)(C)C.Cn1cc(Br)cc(Br)c1=O. The Kier molecular flexibility index (Phi) is 27.7. The molecule has 2 atom stereocenters. The number of carbonyl (C=O) groups is 4. The molecule has 2 heterocycles. The smallest absolute Gasteiger partial charge is 0.408 e. The number of alkyl carbamates (subject to hydrolysis) is 2. The summed E-state index contributed by atoms with van der Waals surface area (Å²) in [7, 11) is 6.00. The monoisotopic (exact) mass is 1300 g/mol. The summed E-state index contributed by atoms with van der Waals surface area (Å²) in [6.45, 7) is 17.5. The van der Waals surface area contributed by atoms with Gasteiger partial charge in [-0.2, -0.15) is 0 Å². The number of benzene rings is 2. The molecule has 4 rings (SSSR count). The van der Waals surface area contributed by atoms with Crippen LogP contribution >= 0.6 is 47.8 Å². The van der Waals surface area contributed by atoms with Crippen LogP contribution in [0.4, 0.5) is 9.59 Å². The minimum atomic E-state index is -2.47. The van der Waals surface area contributed by atoms with Gasteiger partial charge in [-0.25, -0.2) is 9.59 Å². The number of hydrogen-bond acceptors (Lipinski definition) is 10. The van der Waals surface area contributed by atoms with Crippen LogP contribution in [0.15, 0.2) is 96.1 Å². The Morgan fingerprint density at radius 3 is 1.33 bits per heavy atom. The quantitative estimate of drug-likeness (QED) is 0.0523. The summed E-state index contributed by atoms with van der Waals surface area (Å²) in [4.78, 5) is 72.1. The molecule has 0 aliphatic heterocycles. The van der Waals surface area contributed by atoms with Crippen LogP contribution in [0.3, 0.4) is 0 Å². The summed E-state index contributed by atoms with van der Waals surface area (Å²) in [6.07, 6.45) is 10.5. The minimum absolute atomic E-state index is 0.0248. The fraction of sp³-hybridized carbons (Fsp3) is 0.519. The van der Waals surface area contributed by atoms with E-state index in [2.05, 4.69) is 103 Å². The number of methoxy groups -OCH3 is 2. The number of rotatable bonds is 19. The molecule has 0 aliphatic carbocycles. The van der Waals surface area contributed by atoms with Gasteiger partial charge in [0, 0.05) is 47.4 Å². The van der Waals surface area contributed by atoms with Crippen molar-refractivity contribution in [3.8, 4) is 11.1 Å². The second-order valence-electron chi connectivity index (χ2n) is 19.7. The third-order valence-electron chi connectivity index (χ3n) is 11.3. The van der Waals surface area contributed by atoms with E-state index in [1.54, 1.807) is 95.9 Å². The number of aryl methyl sites for hydroxylation is 2. The second kappa shape index (κ2) is 31.1. The van der Waals surface area contributed by atoms with Crippen LogP contribution in [0.2, 0.25) is 13.3 Å². The Bertz CT molecular complexity index is 2440. The summed E-state index contributed by atoms with van der Waals surface area (Å²) < 4.78 is 31.4. The Labute approximate surface area is 456 Å². The molecule has 2 N–H and O–H groups in total. The van der Waals surface area contributed by atoms with Gasteiger partial charge in [0.05, 0.1) is 11.6 Å². The minimum Gasteiger partial charge on any atom is -0.467 e. The van der Waals surface area contributed by atoms with Crippen LogP contribution in [0.25, 0.3) is 11.1 Å². The predicted molar refractivity (Wildman–Crippen MR) is 301 cm³/mol. The standard InChI is InChI=1S/C21H25BrN2O5.C15H20NO4.C6H5Br2NO.3C4H9.Sn/c1-21(2,3)29-20(27)23-17(19(26)28-5)10-13-6-8-14(9-7-13)16-11-15(22)12-24(4)18(16)25;1-15(2,3)20-14(18)16-12(13(17)19-4)10-11-8-6-5-7-9-11;1-9-3-4(7)2-5(8)6(9)10;3*1-3-4-2;/h6-9,11-12,17H,10H2,1-5H3,(H,23,27);6-9,12H,10H2,1-4H3,(H,16,18);2-3H,1H3;3*1,3-4H2,2H3;. The Hall–Kier alpha value is -3.94. The van der Waals surface area contributed by atoms with Gasteiger partial charge < -0.3 is 23.9 Å². The van der Waals surface area contributed by atoms with Crippen molar-refractivity contribution >= 4 is 93.9 Å². The predicted octanol–water partition coefficient (Wildman–Crippen LogP) is 11.7. The molecule has 398 valence electrons. The van der Waals surface area contributed by atoms with E-state index in [0.29, 0.717) is 16.5 Å². The Morgan fingerprint density at radius 1 is 0.597 bits per heavy atom. The summed E-state index contributed by atoms with van der Waals surface area (Å²) in [5.41, 5.74) is 1.69. The van der Waals surface area contributed by atoms with Gasteiger partial charge in [-0.1, -0.05) is 24.3 Å². The maximum atomic E-state index is 12.4. The number of unbranched alkanes of at least 4 members (excludes halogenated alkanes) is 3. The van der Waals surface area contributed by atoms with Crippen LogP contribution in [-0.4, -0.2) is 89.1 Å². The average Bonchev–Trinajstić information content (AvgIpc) is 3.30. The maximum Gasteiger partial charge on any atom is 0.408 e. The van der Waals surface area contributed by atoms with Gasteiger partial charge in [0.1, 0.15) is 11.6 Å². The molecule has 72 heavy (non-hydrogen) atoms. The summed E-state index contributed by atoms with van der Waals surface area (Å²) in [5, 5.41) is 5.23. The van der Waals surface area contributed by atoms with E-state index in [0.717, 1.165) is 25.6 Å². The van der Waals surface area contributed by atoms with Crippen molar-refractivity contribution < 1.29 is 38.1 Å². The number of amides is 2. The molecule has 0 saturated heterocycles. The number of pyridine rings is 2. The van der Waals surface area contributed by atoms with E-state index in [-0.39, 0.29) is 17.5 Å². The van der Waals surface area contributed by atoms with Gasteiger partial charge in [0.15, 0.2) is 0 Å². The number of nitrogens with zero attached hydrogens (tertiary/aromatic N) is 2. The van der Waals surface area contributed by atoms with Gasteiger partial charge in [-0.3, -0.25) is 9.59 Å². The van der Waals surface area contributed by atoms with Gasteiger partial charge in [-0.05, 0) is 91.8 Å². The van der Waals surface area contributed by atoms with E-state index >= 15 is 0 Å².